The molecule has 0 aliphatic carbocycles. The Kier molecular flexibility index (Phi) is 6.52. The molecular weight excluding hydrogens is 258 g/mol. The van der Waals surface area contributed by atoms with Crippen molar-refractivity contribution in [3.8, 4) is 5.75 Å². The average molecular weight is 279 g/mol. The van der Waals surface area contributed by atoms with Gasteiger partial charge in [0, 0.05) is 12.6 Å². The van der Waals surface area contributed by atoms with Gasteiger partial charge in [-0.3, -0.25) is 9.59 Å². The van der Waals surface area contributed by atoms with Crippen LogP contribution in [0.1, 0.15) is 20.3 Å². The number of rotatable bonds is 7. The van der Waals surface area contributed by atoms with E-state index in [1.807, 2.05) is 6.92 Å². The lowest BCUT2D eigenvalue weighted by molar-refractivity contribution is -0.115. The molecule has 0 saturated carbocycles. The minimum atomic E-state index is -0.169. The van der Waals surface area contributed by atoms with Gasteiger partial charge in [0.25, 0.3) is 0 Å². The molecule has 0 atom stereocenters. The lowest BCUT2D eigenvalue weighted by Crippen LogP contribution is -2.28. The standard InChI is InChI=1S/C14H21N3O3/c1-4-7-15-9-14(19)17-12-8-11(16-10(2)18)5-6-13(12)20-3/h5-6,8,15H,4,7,9H2,1-3H3,(H,16,18)(H,17,19). The number of carbonyl (C=O) groups is 2. The van der Waals surface area contributed by atoms with Gasteiger partial charge in [-0.2, -0.15) is 0 Å². The Labute approximate surface area is 118 Å². The average Bonchev–Trinajstić information content (AvgIpc) is 2.38. The molecule has 2 amide bonds. The van der Waals surface area contributed by atoms with Crippen LogP contribution < -0.4 is 20.7 Å². The first-order valence-corrected chi connectivity index (χ1v) is 6.53. The number of amides is 2. The Balaban J connectivity index is 2.74. The lowest BCUT2D eigenvalue weighted by Gasteiger charge is -2.12. The molecule has 0 heterocycles. The minimum absolute atomic E-state index is 0.156. The first-order chi connectivity index (χ1) is 9.56. The van der Waals surface area contributed by atoms with E-state index in [2.05, 4.69) is 16.0 Å². The van der Waals surface area contributed by atoms with Gasteiger partial charge in [-0.05, 0) is 31.2 Å². The molecule has 0 unspecified atom stereocenters. The van der Waals surface area contributed by atoms with Crippen LogP contribution in [0.5, 0.6) is 5.75 Å². The molecule has 0 saturated heterocycles. The Bertz CT molecular complexity index is 475. The Morgan fingerprint density at radius 3 is 2.60 bits per heavy atom. The normalized spacial score (nSPS) is 9.95. The number of methoxy groups -OCH3 is 1. The molecule has 1 aromatic rings. The quantitative estimate of drug-likeness (QED) is 0.662. The predicted molar refractivity (Wildman–Crippen MR) is 79.1 cm³/mol. The fourth-order valence-corrected chi connectivity index (χ4v) is 1.66. The van der Waals surface area contributed by atoms with Gasteiger partial charge in [-0.1, -0.05) is 6.92 Å². The van der Waals surface area contributed by atoms with Crippen LogP contribution in [0.15, 0.2) is 18.2 Å². The number of ether oxygens (including phenoxy) is 1. The largest absolute Gasteiger partial charge is 0.495 e. The highest BCUT2D eigenvalue weighted by Crippen LogP contribution is 2.27. The molecule has 0 aromatic heterocycles. The Morgan fingerprint density at radius 2 is 2.00 bits per heavy atom. The van der Waals surface area contributed by atoms with Crippen molar-refractivity contribution in [2.24, 2.45) is 0 Å². The molecule has 6 nitrogen and oxygen atoms in total. The summed E-state index contributed by atoms with van der Waals surface area (Å²) >= 11 is 0. The van der Waals surface area contributed by atoms with Crippen molar-refractivity contribution in [3.05, 3.63) is 18.2 Å². The third-order valence-electron chi connectivity index (χ3n) is 2.51. The summed E-state index contributed by atoms with van der Waals surface area (Å²) in [6, 6.07) is 5.07. The number of hydrogen-bond acceptors (Lipinski definition) is 4. The van der Waals surface area contributed by atoms with Gasteiger partial charge in [-0.25, -0.2) is 0 Å². The second-order valence-electron chi connectivity index (χ2n) is 4.32. The maximum atomic E-state index is 11.8. The molecule has 0 radical (unpaired) electrons. The summed E-state index contributed by atoms with van der Waals surface area (Å²) in [5.41, 5.74) is 1.14. The highest BCUT2D eigenvalue weighted by Gasteiger charge is 2.09. The van der Waals surface area contributed by atoms with Gasteiger partial charge < -0.3 is 20.7 Å². The molecule has 0 spiro atoms. The van der Waals surface area contributed by atoms with Crippen molar-refractivity contribution in [1.29, 1.82) is 0 Å². The Hall–Kier alpha value is -2.08. The zero-order valence-corrected chi connectivity index (χ0v) is 12.1. The van der Waals surface area contributed by atoms with E-state index >= 15 is 0 Å². The molecule has 6 heteroatoms. The van der Waals surface area contributed by atoms with E-state index in [4.69, 9.17) is 4.74 Å². The van der Waals surface area contributed by atoms with Crippen molar-refractivity contribution in [2.45, 2.75) is 20.3 Å². The fourth-order valence-electron chi connectivity index (χ4n) is 1.66. The van der Waals surface area contributed by atoms with Crippen LogP contribution in [0.4, 0.5) is 11.4 Å². The second-order valence-corrected chi connectivity index (χ2v) is 4.32. The van der Waals surface area contributed by atoms with Gasteiger partial charge >= 0.3 is 0 Å². The highest BCUT2D eigenvalue weighted by molar-refractivity contribution is 5.95. The third kappa shape index (κ3) is 5.27. The summed E-state index contributed by atoms with van der Waals surface area (Å²) in [5, 5.41) is 8.43. The number of hydrogen-bond donors (Lipinski definition) is 3. The van der Waals surface area contributed by atoms with Crippen molar-refractivity contribution >= 4 is 23.2 Å². The van der Waals surface area contributed by atoms with Crippen LogP contribution in [-0.4, -0.2) is 32.0 Å². The molecule has 1 aromatic carbocycles. The first kappa shape index (κ1) is 16.0. The topological polar surface area (TPSA) is 79.5 Å². The van der Waals surface area contributed by atoms with Crippen LogP contribution in [0, 0.1) is 0 Å². The van der Waals surface area contributed by atoms with Gasteiger partial charge in [0.2, 0.25) is 11.8 Å². The lowest BCUT2D eigenvalue weighted by atomic mass is 10.2. The Morgan fingerprint density at radius 1 is 1.25 bits per heavy atom. The zero-order valence-electron chi connectivity index (χ0n) is 12.1. The van der Waals surface area contributed by atoms with Crippen LogP contribution in [-0.2, 0) is 9.59 Å². The predicted octanol–water partition coefficient (Wildman–Crippen LogP) is 1.59. The van der Waals surface area contributed by atoms with Gasteiger partial charge in [0.05, 0.1) is 19.3 Å². The van der Waals surface area contributed by atoms with E-state index in [-0.39, 0.29) is 18.4 Å². The smallest absolute Gasteiger partial charge is 0.238 e. The van der Waals surface area contributed by atoms with Crippen LogP contribution in [0.3, 0.4) is 0 Å². The first-order valence-electron chi connectivity index (χ1n) is 6.53. The molecule has 3 N–H and O–H groups in total. The molecule has 1 rings (SSSR count). The molecule has 0 aliphatic heterocycles. The number of nitrogens with one attached hydrogen (secondary N) is 3. The summed E-state index contributed by atoms with van der Waals surface area (Å²) in [4.78, 5) is 22.8. The summed E-state index contributed by atoms with van der Waals surface area (Å²) in [6.07, 6.45) is 0.967. The van der Waals surface area contributed by atoms with Gasteiger partial charge in [0.1, 0.15) is 5.75 Å². The van der Waals surface area contributed by atoms with E-state index < -0.39 is 0 Å². The molecule has 0 aliphatic rings. The van der Waals surface area contributed by atoms with Gasteiger partial charge in [0.15, 0.2) is 0 Å². The number of benzene rings is 1. The monoisotopic (exact) mass is 279 g/mol. The summed E-state index contributed by atoms with van der Waals surface area (Å²) in [7, 11) is 1.53. The summed E-state index contributed by atoms with van der Waals surface area (Å²) in [6.45, 7) is 4.49. The second kappa shape index (κ2) is 8.16. The van der Waals surface area contributed by atoms with Crippen molar-refractivity contribution < 1.29 is 14.3 Å². The van der Waals surface area contributed by atoms with Crippen molar-refractivity contribution in [2.75, 3.05) is 30.8 Å². The minimum Gasteiger partial charge on any atom is -0.495 e. The molecule has 0 fully saturated rings. The van der Waals surface area contributed by atoms with E-state index in [1.165, 1.54) is 14.0 Å². The molecular formula is C14H21N3O3. The van der Waals surface area contributed by atoms with Crippen LogP contribution in [0.2, 0.25) is 0 Å². The summed E-state index contributed by atoms with van der Waals surface area (Å²) in [5.74, 6) is 0.219. The molecule has 0 bridgehead atoms. The molecule has 20 heavy (non-hydrogen) atoms. The van der Waals surface area contributed by atoms with E-state index in [9.17, 15) is 9.59 Å². The number of anilines is 2. The van der Waals surface area contributed by atoms with Crippen molar-refractivity contribution in [3.63, 3.8) is 0 Å². The maximum Gasteiger partial charge on any atom is 0.238 e. The third-order valence-corrected chi connectivity index (χ3v) is 2.51. The molecule has 110 valence electrons. The van der Waals surface area contributed by atoms with E-state index in [1.54, 1.807) is 18.2 Å². The van der Waals surface area contributed by atoms with Gasteiger partial charge in [-0.15, -0.1) is 0 Å². The SMILES string of the molecule is CCCNCC(=O)Nc1cc(NC(C)=O)ccc1OC. The van der Waals surface area contributed by atoms with Crippen LogP contribution in [0.25, 0.3) is 0 Å². The van der Waals surface area contributed by atoms with E-state index in [0.29, 0.717) is 17.1 Å². The number of carbonyl (C=O) groups excluding carboxylic acids is 2. The maximum absolute atomic E-state index is 11.8. The van der Waals surface area contributed by atoms with Crippen molar-refractivity contribution in [1.82, 2.24) is 5.32 Å². The summed E-state index contributed by atoms with van der Waals surface area (Å²) < 4.78 is 5.18. The highest BCUT2D eigenvalue weighted by atomic mass is 16.5. The fraction of sp³-hybridized carbons (Fsp3) is 0.429. The van der Waals surface area contributed by atoms with Crippen LogP contribution >= 0.6 is 0 Å². The van der Waals surface area contributed by atoms with E-state index in [0.717, 1.165) is 13.0 Å². The zero-order chi connectivity index (χ0) is 15.0.